The Morgan fingerprint density at radius 3 is 2.38 bits per heavy atom. The van der Waals surface area contributed by atoms with E-state index in [-0.39, 0.29) is 16.6 Å². The van der Waals surface area contributed by atoms with E-state index in [4.69, 9.17) is 11.6 Å². The summed E-state index contributed by atoms with van der Waals surface area (Å²) in [6.45, 7) is 5.86. The quantitative estimate of drug-likeness (QED) is 0.490. The minimum atomic E-state index is -0.557. The average molecular weight is 345 g/mol. The Morgan fingerprint density at radius 2 is 1.79 bits per heavy atom. The van der Waals surface area contributed by atoms with E-state index in [0.717, 1.165) is 22.4 Å². The van der Waals surface area contributed by atoms with Crippen LogP contribution in [0.15, 0.2) is 36.4 Å². The Balaban J connectivity index is 2.17. The maximum Gasteiger partial charge on any atom is 0.288 e. The average Bonchev–Trinajstić information content (AvgIpc) is 2.49. The SMILES string of the molecule is Cc1cc(C)c(NC(=O)/C=C/c2ccc(Cl)c([N+](=O)[O-])c2)c(C)c1. The van der Waals surface area contributed by atoms with E-state index in [2.05, 4.69) is 5.32 Å². The van der Waals surface area contributed by atoms with Crippen molar-refractivity contribution in [1.29, 1.82) is 0 Å². The van der Waals surface area contributed by atoms with Gasteiger partial charge in [0.1, 0.15) is 5.02 Å². The molecule has 0 radical (unpaired) electrons. The number of carbonyl (C=O) groups excluding carboxylic acids is 1. The van der Waals surface area contributed by atoms with Gasteiger partial charge in [-0.3, -0.25) is 14.9 Å². The van der Waals surface area contributed by atoms with Crippen LogP contribution in [0.2, 0.25) is 5.02 Å². The fourth-order valence-corrected chi connectivity index (χ4v) is 2.67. The van der Waals surface area contributed by atoms with Crippen LogP contribution in [0.5, 0.6) is 0 Å². The van der Waals surface area contributed by atoms with Crippen molar-refractivity contribution in [2.75, 3.05) is 5.32 Å². The monoisotopic (exact) mass is 344 g/mol. The highest BCUT2D eigenvalue weighted by molar-refractivity contribution is 6.32. The molecule has 0 fully saturated rings. The highest BCUT2D eigenvalue weighted by atomic mass is 35.5. The van der Waals surface area contributed by atoms with Crippen molar-refractivity contribution in [2.24, 2.45) is 0 Å². The van der Waals surface area contributed by atoms with E-state index in [9.17, 15) is 14.9 Å². The van der Waals surface area contributed by atoms with Gasteiger partial charge in [0.2, 0.25) is 5.91 Å². The molecule has 0 aromatic heterocycles. The van der Waals surface area contributed by atoms with Crippen LogP contribution < -0.4 is 5.32 Å². The van der Waals surface area contributed by atoms with Gasteiger partial charge in [-0.1, -0.05) is 35.4 Å². The Kier molecular flexibility index (Phi) is 5.36. The molecule has 0 atom stereocenters. The number of nitrogens with one attached hydrogen (secondary N) is 1. The molecule has 0 saturated heterocycles. The van der Waals surface area contributed by atoms with Crippen LogP contribution in [0.4, 0.5) is 11.4 Å². The first-order chi connectivity index (χ1) is 11.3. The van der Waals surface area contributed by atoms with Gasteiger partial charge in [0.05, 0.1) is 4.92 Å². The van der Waals surface area contributed by atoms with Crippen LogP contribution in [-0.4, -0.2) is 10.8 Å². The van der Waals surface area contributed by atoms with Gasteiger partial charge in [0.15, 0.2) is 0 Å². The molecule has 0 aliphatic carbocycles. The lowest BCUT2D eigenvalue weighted by molar-refractivity contribution is -0.384. The number of nitro benzene ring substituents is 1. The van der Waals surface area contributed by atoms with Crippen LogP contribution in [-0.2, 0) is 4.79 Å². The fraction of sp³-hybridized carbons (Fsp3) is 0.167. The molecular weight excluding hydrogens is 328 g/mol. The summed E-state index contributed by atoms with van der Waals surface area (Å²) in [7, 11) is 0. The van der Waals surface area contributed by atoms with E-state index in [1.165, 1.54) is 24.3 Å². The van der Waals surface area contributed by atoms with E-state index < -0.39 is 4.92 Å². The first-order valence-electron chi connectivity index (χ1n) is 7.29. The number of nitro groups is 1. The number of benzene rings is 2. The number of nitrogens with zero attached hydrogens (tertiary/aromatic N) is 1. The third-order valence-electron chi connectivity index (χ3n) is 3.52. The van der Waals surface area contributed by atoms with Gasteiger partial charge < -0.3 is 5.32 Å². The molecule has 2 rings (SSSR count). The summed E-state index contributed by atoms with van der Waals surface area (Å²) in [5, 5.41) is 13.8. The standard InChI is InChI=1S/C18H17ClN2O3/c1-11-8-12(2)18(13(3)9-11)20-17(22)7-5-14-4-6-15(19)16(10-14)21(23)24/h4-10H,1-3H3,(H,20,22)/b7-5+. The predicted octanol–water partition coefficient (Wildman–Crippen LogP) is 4.83. The number of carbonyl (C=O) groups is 1. The summed E-state index contributed by atoms with van der Waals surface area (Å²) in [6, 6.07) is 8.37. The van der Waals surface area contributed by atoms with Crippen molar-refractivity contribution in [3.63, 3.8) is 0 Å². The molecule has 0 spiro atoms. The Labute approximate surface area is 145 Å². The third kappa shape index (κ3) is 4.20. The van der Waals surface area contributed by atoms with Crippen LogP contribution in [0.25, 0.3) is 6.08 Å². The summed E-state index contributed by atoms with van der Waals surface area (Å²) < 4.78 is 0. The largest absolute Gasteiger partial charge is 0.322 e. The zero-order valence-electron chi connectivity index (χ0n) is 13.6. The minimum Gasteiger partial charge on any atom is -0.322 e. The van der Waals surface area contributed by atoms with E-state index in [0.29, 0.717) is 5.56 Å². The van der Waals surface area contributed by atoms with Crippen molar-refractivity contribution in [2.45, 2.75) is 20.8 Å². The molecule has 6 heteroatoms. The van der Waals surface area contributed by atoms with Crippen molar-refractivity contribution in [1.82, 2.24) is 0 Å². The minimum absolute atomic E-state index is 0.0625. The second-order valence-electron chi connectivity index (χ2n) is 5.56. The molecule has 24 heavy (non-hydrogen) atoms. The topological polar surface area (TPSA) is 72.2 Å². The number of amides is 1. The summed E-state index contributed by atoms with van der Waals surface area (Å²) in [4.78, 5) is 22.4. The second-order valence-corrected chi connectivity index (χ2v) is 5.97. The smallest absolute Gasteiger partial charge is 0.288 e. The van der Waals surface area contributed by atoms with Crippen molar-refractivity contribution < 1.29 is 9.72 Å². The van der Waals surface area contributed by atoms with E-state index >= 15 is 0 Å². The van der Waals surface area contributed by atoms with Crippen molar-refractivity contribution in [3.05, 3.63) is 73.8 Å². The molecule has 0 aliphatic rings. The van der Waals surface area contributed by atoms with Gasteiger partial charge in [-0.15, -0.1) is 0 Å². The lowest BCUT2D eigenvalue weighted by Crippen LogP contribution is -2.10. The van der Waals surface area contributed by atoms with Gasteiger partial charge in [0.25, 0.3) is 5.69 Å². The van der Waals surface area contributed by atoms with Crippen molar-refractivity contribution in [3.8, 4) is 0 Å². The fourth-order valence-electron chi connectivity index (χ4n) is 2.49. The second kappa shape index (κ2) is 7.27. The summed E-state index contributed by atoms with van der Waals surface area (Å²) in [5.41, 5.74) is 4.21. The summed E-state index contributed by atoms with van der Waals surface area (Å²) in [5.74, 6) is -0.303. The van der Waals surface area contributed by atoms with Crippen molar-refractivity contribution >= 4 is 35.0 Å². The predicted molar refractivity (Wildman–Crippen MR) is 96.4 cm³/mol. The first kappa shape index (κ1) is 17.7. The number of aryl methyl sites for hydroxylation is 3. The molecule has 1 N–H and O–H groups in total. The number of anilines is 1. The zero-order chi connectivity index (χ0) is 17.9. The van der Waals surface area contributed by atoms with Crippen LogP contribution in [0.1, 0.15) is 22.3 Å². The molecule has 2 aromatic rings. The molecule has 0 aliphatic heterocycles. The Bertz CT molecular complexity index is 821. The lowest BCUT2D eigenvalue weighted by atomic mass is 10.1. The van der Waals surface area contributed by atoms with Crippen LogP contribution >= 0.6 is 11.6 Å². The van der Waals surface area contributed by atoms with E-state index in [1.807, 2.05) is 32.9 Å². The van der Waals surface area contributed by atoms with Crippen LogP contribution in [0.3, 0.4) is 0 Å². The van der Waals surface area contributed by atoms with Gasteiger partial charge in [0, 0.05) is 17.8 Å². The molecule has 124 valence electrons. The third-order valence-corrected chi connectivity index (χ3v) is 3.84. The number of rotatable bonds is 4. The normalized spacial score (nSPS) is 10.8. The van der Waals surface area contributed by atoms with Crippen LogP contribution in [0, 0.1) is 30.9 Å². The molecule has 0 heterocycles. The van der Waals surface area contributed by atoms with E-state index in [1.54, 1.807) is 6.07 Å². The molecule has 5 nitrogen and oxygen atoms in total. The molecule has 0 bridgehead atoms. The highest BCUT2D eigenvalue weighted by Gasteiger charge is 2.12. The Hall–Kier alpha value is -2.66. The number of hydrogen-bond acceptors (Lipinski definition) is 3. The number of hydrogen-bond donors (Lipinski definition) is 1. The lowest BCUT2D eigenvalue weighted by Gasteiger charge is -2.11. The summed E-state index contributed by atoms with van der Waals surface area (Å²) in [6.07, 6.45) is 2.85. The first-order valence-corrected chi connectivity index (χ1v) is 7.66. The molecule has 0 saturated carbocycles. The molecule has 0 unspecified atom stereocenters. The van der Waals surface area contributed by atoms with Gasteiger partial charge in [-0.25, -0.2) is 0 Å². The zero-order valence-corrected chi connectivity index (χ0v) is 14.3. The van der Waals surface area contributed by atoms with Gasteiger partial charge in [-0.05, 0) is 49.6 Å². The molecule has 1 amide bonds. The highest BCUT2D eigenvalue weighted by Crippen LogP contribution is 2.26. The maximum atomic E-state index is 12.1. The van der Waals surface area contributed by atoms with Gasteiger partial charge >= 0.3 is 0 Å². The summed E-state index contributed by atoms with van der Waals surface area (Å²) >= 11 is 5.76. The molecular formula is C18H17ClN2O3. The number of halogens is 1. The maximum absolute atomic E-state index is 12.1. The Morgan fingerprint density at radius 1 is 1.17 bits per heavy atom. The molecule has 2 aromatic carbocycles. The van der Waals surface area contributed by atoms with Gasteiger partial charge in [-0.2, -0.15) is 0 Å².